The van der Waals surface area contributed by atoms with Gasteiger partial charge in [0.1, 0.15) is 17.7 Å². The highest BCUT2D eigenvalue weighted by Gasteiger charge is 2.42. The van der Waals surface area contributed by atoms with Crippen LogP contribution >= 0.6 is 0 Å². The molecule has 33 heavy (non-hydrogen) atoms. The maximum absolute atomic E-state index is 14.2. The lowest BCUT2D eigenvalue weighted by molar-refractivity contribution is -0.146. The lowest BCUT2D eigenvalue weighted by atomic mass is 9.72. The third kappa shape index (κ3) is 4.26. The maximum atomic E-state index is 14.2. The molecule has 0 saturated heterocycles. The summed E-state index contributed by atoms with van der Waals surface area (Å²) < 4.78 is 25.7. The Morgan fingerprint density at radius 2 is 1.94 bits per heavy atom. The molecule has 0 unspecified atom stereocenters. The third-order valence-corrected chi connectivity index (χ3v) is 7.00. The van der Waals surface area contributed by atoms with Gasteiger partial charge in [-0.2, -0.15) is 0 Å². The number of esters is 1. The van der Waals surface area contributed by atoms with Gasteiger partial charge in [0.05, 0.1) is 11.8 Å². The molecule has 2 atom stereocenters. The number of Topliss-reactive ketones (excluding diaryl/α,β-unsaturated/α-hetero) is 1. The number of rotatable bonds is 4. The molecular weight excluding hydrogens is 421 g/mol. The van der Waals surface area contributed by atoms with Crippen molar-refractivity contribution in [2.24, 2.45) is 0 Å². The minimum atomic E-state index is -0.655. The molecule has 172 valence electrons. The van der Waals surface area contributed by atoms with Gasteiger partial charge < -0.3 is 14.5 Å². The zero-order valence-electron chi connectivity index (χ0n) is 18.7. The van der Waals surface area contributed by atoms with Crippen molar-refractivity contribution in [2.45, 2.75) is 69.8 Å². The van der Waals surface area contributed by atoms with Gasteiger partial charge in [-0.15, -0.1) is 0 Å². The van der Waals surface area contributed by atoms with Crippen molar-refractivity contribution in [3.63, 3.8) is 0 Å². The summed E-state index contributed by atoms with van der Waals surface area (Å²) in [6.45, 7) is 1.83. The second-order valence-corrected chi connectivity index (χ2v) is 9.25. The molecule has 1 N–H and O–H groups in total. The molecule has 2 aliphatic carbocycles. The van der Waals surface area contributed by atoms with Crippen LogP contribution in [0.3, 0.4) is 0 Å². The van der Waals surface area contributed by atoms with Crippen molar-refractivity contribution >= 4 is 11.8 Å². The van der Waals surface area contributed by atoms with Crippen LogP contribution in [0.15, 0.2) is 69.6 Å². The van der Waals surface area contributed by atoms with Gasteiger partial charge in [0, 0.05) is 35.2 Å². The smallest absolute Gasteiger partial charge is 0.337 e. The molecule has 5 rings (SSSR count). The number of nitrogens with one attached hydrogen (secondary N) is 1. The van der Waals surface area contributed by atoms with Crippen LogP contribution in [0.2, 0.25) is 0 Å². The monoisotopic (exact) mass is 449 g/mol. The first kappa shape index (κ1) is 21.7. The average Bonchev–Trinajstić information content (AvgIpc) is 3.33. The molecule has 1 aromatic carbocycles. The highest BCUT2D eigenvalue weighted by molar-refractivity contribution is 6.04. The molecule has 1 fully saturated rings. The van der Waals surface area contributed by atoms with E-state index in [0.29, 0.717) is 28.8 Å². The summed E-state index contributed by atoms with van der Waals surface area (Å²) >= 11 is 0. The standard InChI is InChI=1S/C27H28FNO4/c1-16-24(27(31)33-20-9-3-2-4-10-20)25(17-7-5-8-19(28)13-17)26-21(29-16)14-18(15-22(26)30)23-11-6-12-32-23/h5-8,11-13,18,20,25,29H,2-4,9-10,14-15H2,1H3/t18-,25-/m0/s1. The van der Waals surface area contributed by atoms with Gasteiger partial charge in [-0.1, -0.05) is 18.6 Å². The van der Waals surface area contributed by atoms with Crippen LogP contribution in [0.5, 0.6) is 0 Å². The number of halogens is 1. The predicted octanol–water partition coefficient (Wildman–Crippen LogP) is 5.66. The number of benzene rings is 1. The van der Waals surface area contributed by atoms with Crippen molar-refractivity contribution in [3.05, 3.63) is 82.3 Å². The molecule has 1 aliphatic heterocycles. The van der Waals surface area contributed by atoms with Crippen molar-refractivity contribution in [1.29, 1.82) is 0 Å². The fourth-order valence-electron chi connectivity index (χ4n) is 5.45. The largest absolute Gasteiger partial charge is 0.469 e. The molecule has 6 heteroatoms. The fourth-order valence-corrected chi connectivity index (χ4v) is 5.45. The van der Waals surface area contributed by atoms with Gasteiger partial charge in [-0.05, 0) is 68.9 Å². The van der Waals surface area contributed by atoms with E-state index >= 15 is 0 Å². The highest BCUT2D eigenvalue weighted by Crippen LogP contribution is 2.46. The Labute approximate surface area is 192 Å². The van der Waals surface area contributed by atoms with E-state index < -0.39 is 17.7 Å². The minimum Gasteiger partial charge on any atom is -0.469 e. The van der Waals surface area contributed by atoms with E-state index in [1.807, 2.05) is 19.1 Å². The van der Waals surface area contributed by atoms with Crippen molar-refractivity contribution in [3.8, 4) is 0 Å². The second-order valence-electron chi connectivity index (χ2n) is 9.25. The summed E-state index contributed by atoms with van der Waals surface area (Å²) in [6, 6.07) is 9.87. The molecule has 3 aliphatic rings. The van der Waals surface area contributed by atoms with Crippen LogP contribution in [0, 0.1) is 5.82 Å². The number of ether oxygens (including phenoxy) is 1. The van der Waals surface area contributed by atoms with E-state index in [1.54, 1.807) is 18.4 Å². The summed E-state index contributed by atoms with van der Waals surface area (Å²) in [6.07, 6.45) is 7.32. The number of ketones is 1. The van der Waals surface area contributed by atoms with E-state index in [4.69, 9.17) is 9.15 Å². The van der Waals surface area contributed by atoms with Crippen LogP contribution < -0.4 is 5.32 Å². The van der Waals surface area contributed by atoms with E-state index in [0.717, 1.165) is 43.6 Å². The number of furan rings is 1. The van der Waals surface area contributed by atoms with E-state index in [1.165, 1.54) is 12.1 Å². The van der Waals surface area contributed by atoms with Crippen LogP contribution in [0.4, 0.5) is 4.39 Å². The Balaban J connectivity index is 1.53. The average molecular weight is 450 g/mol. The highest BCUT2D eigenvalue weighted by atomic mass is 19.1. The quantitative estimate of drug-likeness (QED) is 0.611. The third-order valence-electron chi connectivity index (χ3n) is 7.00. The molecular formula is C27H28FNO4. The van der Waals surface area contributed by atoms with Crippen LogP contribution in [-0.2, 0) is 14.3 Å². The van der Waals surface area contributed by atoms with Gasteiger partial charge in [0.15, 0.2) is 5.78 Å². The maximum Gasteiger partial charge on any atom is 0.337 e. The Morgan fingerprint density at radius 3 is 2.67 bits per heavy atom. The molecule has 0 radical (unpaired) electrons. The zero-order chi connectivity index (χ0) is 22.9. The first-order valence-corrected chi connectivity index (χ1v) is 11.7. The van der Waals surface area contributed by atoms with Gasteiger partial charge in [0.2, 0.25) is 0 Å². The Kier molecular flexibility index (Phi) is 5.92. The summed E-state index contributed by atoms with van der Waals surface area (Å²) in [4.78, 5) is 26.9. The van der Waals surface area contributed by atoms with Gasteiger partial charge in [-0.25, -0.2) is 9.18 Å². The number of dihydropyridines is 1. The van der Waals surface area contributed by atoms with E-state index in [9.17, 15) is 14.0 Å². The first-order chi connectivity index (χ1) is 16.0. The number of allylic oxidation sites excluding steroid dienone is 3. The zero-order valence-corrected chi connectivity index (χ0v) is 18.7. The van der Waals surface area contributed by atoms with E-state index in [-0.39, 0.29) is 24.2 Å². The summed E-state index contributed by atoms with van der Waals surface area (Å²) in [5.41, 5.74) is 2.94. The number of hydrogen-bond acceptors (Lipinski definition) is 5. The SMILES string of the molecule is CC1=C(C(=O)OC2CCCCC2)[C@H](c2cccc(F)c2)C2=C(C[C@H](c3ccco3)CC2=O)N1. The topological polar surface area (TPSA) is 68.5 Å². The molecule has 0 spiro atoms. The van der Waals surface area contributed by atoms with Crippen LogP contribution in [-0.4, -0.2) is 17.9 Å². The molecule has 0 bridgehead atoms. The van der Waals surface area contributed by atoms with Crippen molar-refractivity contribution in [1.82, 2.24) is 5.32 Å². The predicted molar refractivity (Wildman–Crippen MR) is 121 cm³/mol. The van der Waals surface area contributed by atoms with Crippen molar-refractivity contribution in [2.75, 3.05) is 0 Å². The Hall–Kier alpha value is -3.15. The molecule has 1 aromatic heterocycles. The lowest BCUT2D eigenvalue weighted by Gasteiger charge is -2.36. The van der Waals surface area contributed by atoms with Crippen LogP contribution in [0.1, 0.15) is 75.0 Å². The first-order valence-electron chi connectivity index (χ1n) is 11.7. The van der Waals surface area contributed by atoms with Gasteiger partial charge >= 0.3 is 5.97 Å². The fraction of sp³-hybridized carbons (Fsp3) is 0.407. The summed E-state index contributed by atoms with van der Waals surface area (Å²) in [5, 5.41) is 3.33. The van der Waals surface area contributed by atoms with Gasteiger partial charge in [0.25, 0.3) is 0 Å². The molecule has 0 amide bonds. The number of hydrogen-bond donors (Lipinski definition) is 1. The molecule has 2 aromatic rings. The second kappa shape index (κ2) is 9.00. The molecule has 5 nitrogen and oxygen atoms in total. The lowest BCUT2D eigenvalue weighted by Crippen LogP contribution is -2.37. The van der Waals surface area contributed by atoms with Gasteiger partial charge in [-0.3, -0.25) is 4.79 Å². The Morgan fingerprint density at radius 1 is 1.12 bits per heavy atom. The Bertz CT molecular complexity index is 1120. The minimum absolute atomic E-state index is 0.0603. The molecule has 1 saturated carbocycles. The molecule has 2 heterocycles. The number of carbonyl (C=O) groups is 2. The van der Waals surface area contributed by atoms with Crippen molar-refractivity contribution < 1.29 is 23.1 Å². The summed E-state index contributed by atoms with van der Waals surface area (Å²) in [7, 11) is 0. The van der Waals surface area contributed by atoms with E-state index in [2.05, 4.69) is 5.32 Å². The number of carbonyl (C=O) groups excluding carboxylic acids is 2. The normalized spacial score (nSPS) is 23.9. The summed E-state index contributed by atoms with van der Waals surface area (Å²) in [5.74, 6) is -0.845. The van der Waals surface area contributed by atoms with Crippen LogP contribution in [0.25, 0.3) is 0 Å².